The fourth-order valence-electron chi connectivity index (χ4n) is 2.36. The number of ether oxygens (including phenoxy) is 2. The lowest BCUT2D eigenvalue weighted by atomic mass is 10.2. The van der Waals surface area contributed by atoms with Gasteiger partial charge in [-0.3, -0.25) is 4.79 Å². The summed E-state index contributed by atoms with van der Waals surface area (Å²) in [6, 6.07) is 17.0. The third-order valence-electron chi connectivity index (χ3n) is 3.85. The van der Waals surface area contributed by atoms with E-state index in [0.717, 1.165) is 29.1 Å². The molecule has 0 aromatic heterocycles. The molecule has 0 heterocycles. The summed E-state index contributed by atoms with van der Waals surface area (Å²) in [5.41, 5.74) is 1.09. The van der Waals surface area contributed by atoms with Crippen LogP contribution in [0.2, 0.25) is 0 Å². The van der Waals surface area contributed by atoms with Crippen molar-refractivity contribution in [2.75, 3.05) is 6.54 Å². The van der Waals surface area contributed by atoms with Crippen molar-refractivity contribution in [3.63, 3.8) is 0 Å². The van der Waals surface area contributed by atoms with Crippen molar-refractivity contribution in [2.24, 2.45) is 0 Å². The maximum absolute atomic E-state index is 12.3. The van der Waals surface area contributed by atoms with Gasteiger partial charge in [-0.2, -0.15) is 5.26 Å². The molecule has 5 nitrogen and oxygen atoms in total. The molecule has 0 spiro atoms. The molecule has 26 heavy (non-hydrogen) atoms. The van der Waals surface area contributed by atoms with Crippen molar-refractivity contribution in [1.82, 2.24) is 4.90 Å². The minimum absolute atomic E-state index is 0.328. The Morgan fingerprint density at radius 3 is 2.38 bits per heavy atom. The Bertz CT molecular complexity index is 723. The average Bonchev–Trinajstić information content (AvgIpc) is 2.68. The molecule has 2 aromatic carbocycles. The van der Waals surface area contributed by atoms with Crippen LogP contribution in [0.3, 0.4) is 0 Å². The molecule has 0 aliphatic heterocycles. The summed E-state index contributed by atoms with van der Waals surface area (Å²) in [6.45, 7) is 4.58. The maximum atomic E-state index is 12.3. The Hall–Kier alpha value is -3.00. The van der Waals surface area contributed by atoms with Crippen LogP contribution in [0.5, 0.6) is 11.5 Å². The van der Waals surface area contributed by atoms with Crippen molar-refractivity contribution < 1.29 is 14.3 Å². The van der Waals surface area contributed by atoms with Crippen molar-refractivity contribution in [1.29, 1.82) is 5.26 Å². The van der Waals surface area contributed by atoms with E-state index in [1.165, 1.54) is 0 Å². The number of rotatable bonds is 9. The van der Waals surface area contributed by atoms with E-state index < -0.39 is 6.10 Å². The zero-order valence-electron chi connectivity index (χ0n) is 15.2. The number of benzene rings is 2. The van der Waals surface area contributed by atoms with Gasteiger partial charge in [0.2, 0.25) is 0 Å². The molecule has 0 N–H and O–H groups in total. The molecule has 0 aliphatic rings. The lowest BCUT2D eigenvalue weighted by molar-refractivity contribution is -0.134. The van der Waals surface area contributed by atoms with E-state index in [4.69, 9.17) is 14.7 Å². The van der Waals surface area contributed by atoms with Crippen LogP contribution >= 0.6 is 0 Å². The number of unbranched alkanes of at least 4 members (excludes halogenated alkanes) is 1. The predicted octanol–water partition coefficient (Wildman–Crippen LogP) is 4.14. The van der Waals surface area contributed by atoms with Gasteiger partial charge in [-0.05, 0) is 43.2 Å². The number of nitrogens with zero attached hydrogens (tertiary/aromatic N) is 2. The predicted molar refractivity (Wildman–Crippen MR) is 99.5 cm³/mol. The van der Waals surface area contributed by atoms with Crippen molar-refractivity contribution in [3.05, 3.63) is 60.2 Å². The van der Waals surface area contributed by atoms with Crippen LogP contribution in [-0.4, -0.2) is 23.5 Å². The minimum atomic E-state index is -0.720. The second-order valence-corrected chi connectivity index (χ2v) is 5.95. The molecule has 0 fully saturated rings. The first kappa shape index (κ1) is 19.3. The Balaban J connectivity index is 1.87. The Morgan fingerprint density at radius 2 is 1.77 bits per heavy atom. The maximum Gasteiger partial charge on any atom is 0.276 e. The summed E-state index contributed by atoms with van der Waals surface area (Å²) in [5.74, 6) is 0.957. The highest BCUT2D eigenvalue weighted by Crippen LogP contribution is 2.20. The third-order valence-corrected chi connectivity index (χ3v) is 3.85. The SMILES string of the molecule is CCCCN(C#N)C(=O)C(C)Oc1ccc(OCc2ccccc2)cc1. The molecular formula is C21H24N2O3. The number of carbonyl (C=O) groups is 1. The lowest BCUT2D eigenvalue weighted by Crippen LogP contribution is -2.38. The normalized spacial score (nSPS) is 11.3. The molecule has 1 atom stereocenters. The first-order valence-electron chi connectivity index (χ1n) is 8.78. The number of hydrogen-bond acceptors (Lipinski definition) is 4. The van der Waals surface area contributed by atoms with E-state index in [-0.39, 0.29) is 5.91 Å². The zero-order valence-corrected chi connectivity index (χ0v) is 15.2. The standard InChI is InChI=1S/C21H24N2O3/c1-3-4-14-23(16-22)21(24)17(2)26-20-12-10-19(11-13-20)25-15-18-8-6-5-7-9-18/h5-13,17H,3-4,14-15H2,1-2H3. The number of nitriles is 1. The van der Waals surface area contributed by atoms with Crippen LogP contribution in [0, 0.1) is 11.5 Å². The second-order valence-electron chi connectivity index (χ2n) is 5.95. The van der Waals surface area contributed by atoms with Crippen LogP contribution < -0.4 is 9.47 Å². The van der Waals surface area contributed by atoms with Crippen LogP contribution in [-0.2, 0) is 11.4 Å². The van der Waals surface area contributed by atoms with Gasteiger partial charge in [-0.25, -0.2) is 4.90 Å². The van der Waals surface area contributed by atoms with Gasteiger partial charge in [-0.15, -0.1) is 0 Å². The second kappa shape index (κ2) is 10.1. The lowest BCUT2D eigenvalue weighted by Gasteiger charge is -2.19. The Labute approximate surface area is 154 Å². The van der Waals surface area contributed by atoms with Gasteiger partial charge >= 0.3 is 0 Å². The molecule has 1 unspecified atom stereocenters. The quantitative estimate of drug-likeness (QED) is 0.502. The fourth-order valence-corrected chi connectivity index (χ4v) is 2.36. The smallest absolute Gasteiger partial charge is 0.276 e. The monoisotopic (exact) mass is 352 g/mol. The summed E-state index contributed by atoms with van der Waals surface area (Å²) < 4.78 is 11.4. The van der Waals surface area contributed by atoms with E-state index in [9.17, 15) is 4.79 Å². The summed E-state index contributed by atoms with van der Waals surface area (Å²) in [4.78, 5) is 13.4. The topological polar surface area (TPSA) is 62.6 Å². The average molecular weight is 352 g/mol. The highest BCUT2D eigenvalue weighted by molar-refractivity contribution is 5.82. The zero-order chi connectivity index (χ0) is 18.8. The molecule has 0 saturated heterocycles. The fraction of sp³-hybridized carbons (Fsp3) is 0.333. The van der Waals surface area contributed by atoms with Gasteiger partial charge < -0.3 is 9.47 Å². The van der Waals surface area contributed by atoms with E-state index in [1.807, 2.05) is 43.4 Å². The molecule has 0 aliphatic carbocycles. The molecule has 1 amide bonds. The van der Waals surface area contributed by atoms with E-state index >= 15 is 0 Å². The van der Waals surface area contributed by atoms with E-state index in [2.05, 4.69) is 0 Å². The highest BCUT2D eigenvalue weighted by atomic mass is 16.5. The van der Waals surface area contributed by atoms with Gasteiger partial charge in [0.25, 0.3) is 5.91 Å². The summed E-state index contributed by atoms with van der Waals surface area (Å²) >= 11 is 0. The van der Waals surface area contributed by atoms with Gasteiger partial charge in [0.1, 0.15) is 18.1 Å². The molecule has 5 heteroatoms. The Morgan fingerprint density at radius 1 is 1.12 bits per heavy atom. The van der Waals surface area contributed by atoms with Gasteiger partial charge in [0, 0.05) is 6.54 Å². The summed E-state index contributed by atoms with van der Waals surface area (Å²) in [6.07, 6.45) is 2.92. The van der Waals surface area contributed by atoms with Crippen LogP contribution in [0.25, 0.3) is 0 Å². The molecule has 2 rings (SSSR count). The minimum Gasteiger partial charge on any atom is -0.489 e. The third kappa shape index (κ3) is 5.82. The molecular weight excluding hydrogens is 328 g/mol. The van der Waals surface area contributed by atoms with Crippen molar-refractivity contribution >= 4 is 5.91 Å². The summed E-state index contributed by atoms with van der Waals surface area (Å²) in [7, 11) is 0. The van der Waals surface area contributed by atoms with Crippen molar-refractivity contribution in [2.45, 2.75) is 39.4 Å². The molecule has 2 aromatic rings. The molecule has 0 saturated carbocycles. The van der Waals surface area contributed by atoms with Gasteiger partial charge in [-0.1, -0.05) is 43.7 Å². The first-order chi connectivity index (χ1) is 12.6. The molecule has 136 valence electrons. The summed E-state index contributed by atoms with van der Waals surface area (Å²) in [5, 5.41) is 9.11. The van der Waals surface area contributed by atoms with E-state index in [1.54, 1.807) is 31.2 Å². The highest BCUT2D eigenvalue weighted by Gasteiger charge is 2.21. The number of hydrogen-bond donors (Lipinski definition) is 0. The van der Waals surface area contributed by atoms with Gasteiger partial charge in [0.15, 0.2) is 12.3 Å². The molecule has 0 bridgehead atoms. The largest absolute Gasteiger partial charge is 0.489 e. The van der Waals surface area contributed by atoms with E-state index in [0.29, 0.717) is 18.9 Å². The number of amides is 1. The first-order valence-corrected chi connectivity index (χ1v) is 8.78. The van der Waals surface area contributed by atoms with Crippen molar-refractivity contribution in [3.8, 4) is 17.7 Å². The Kier molecular flexibility index (Phi) is 7.50. The van der Waals surface area contributed by atoms with Crippen LogP contribution in [0.15, 0.2) is 54.6 Å². The van der Waals surface area contributed by atoms with Crippen LogP contribution in [0.1, 0.15) is 32.3 Å². The number of carbonyl (C=O) groups excluding carboxylic acids is 1. The molecule has 0 radical (unpaired) electrons. The van der Waals surface area contributed by atoms with Crippen LogP contribution in [0.4, 0.5) is 0 Å². The van der Waals surface area contributed by atoms with Gasteiger partial charge in [0.05, 0.1) is 0 Å².